The van der Waals surface area contributed by atoms with Gasteiger partial charge in [0.1, 0.15) is 0 Å². The summed E-state index contributed by atoms with van der Waals surface area (Å²) < 4.78 is 25.3. The average molecular weight is 368 g/mol. The molecule has 0 aliphatic carbocycles. The van der Waals surface area contributed by atoms with Crippen molar-refractivity contribution in [1.29, 1.82) is 0 Å². The monoisotopic (exact) mass is 368 g/mol. The van der Waals surface area contributed by atoms with Crippen molar-refractivity contribution in [3.63, 3.8) is 0 Å². The topological polar surface area (TPSA) is 66.5 Å². The van der Waals surface area contributed by atoms with Gasteiger partial charge in [0.2, 0.25) is 15.9 Å². The fraction of sp³-hybridized carbons (Fsp3) is 0.150. The van der Waals surface area contributed by atoms with Crippen LogP contribution in [0.4, 0.5) is 5.69 Å². The Kier molecular flexibility index (Phi) is 5.06. The minimum Gasteiger partial charge on any atom is -0.326 e. The van der Waals surface area contributed by atoms with Crippen molar-refractivity contribution in [3.05, 3.63) is 72.3 Å². The molecule has 0 heterocycles. The Morgan fingerprint density at radius 1 is 0.923 bits per heavy atom. The lowest BCUT2D eigenvalue weighted by molar-refractivity contribution is -0.115. The van der Waals surface area contributed by atoms with Gasteiger partial charge in [-0.1, -0.05) is 42.5 Å². The van der Waals surface area contributed by atoms with Crippen molar-refractivity contribution < 1.29 is 13.2 Å². The predicted molar refractivity (Wildman–Crippen MR) is 104 cm³/mol. The van der Waals surface area contributed by atoms with Gasteiger partial charge in [0.15, 0.2) is 0 Å². The molecular weight excluding hydrogens is 348 g/mol. The third-order valence-corrected chi connectivity index (χ3v) is 5.98. The molecule has 3 aromatic rings. The zero-order valence-corrected chi connectivity index (χ0v) is 15.5. The van der Waals surface area contributed by atoms with E-state index in [9.17, 15) is 13.2 Å². The SMILES string of the molecule is CN(C)S(=O)(=O)c1ccc(NC(=O)Cc2cccc3ccccc23)cc1. The van der Waals surface area contributed by atoms with E-state index in [1.165, 1.54) is 26.2 Å². The number of rotatable bonds is 5. The molecule has 0 fully saturated rings. The highest BCUT2D eigenvalue weighted by Crippen LogP contribution is 2.20. The molecular formula is C20H20N2O3S. The molecule has 6 heteroatoms. The summed E-state index contributed by atoms with van der Waals surface area (Å²) in [7, 11) is -0.512. The molecule has 5 nitrogen and oxygen atoms in total. The summed E-state index contributed by atoms with van der Waals surface area (Å²) in [6, 6.07) is 20.0. The smallest absolute Gasteiger partial charge is 0.242 e. The van der Waals surface area contributed by atoms with Crippen LogP contribution in [-0.2, 0) is 21.2 Å². The normalized spacial score (nSPS) is 11.7. The first kappa shape index (κ1) is 18.1. The van der Waals surface area contributed by atoms with Gasteiger partial charge in [-0.2, -0.15) is 0 Å². The number of hydrogen-bond donors (Lipinski definition) is 1. The molecule has 0 spiro atoms. The molecule has 0 atom stereocenters. The van der Waals surface area contributed by atoms with E-state index >= 15 is 0 Å². The van der Waals surface area contributed by atoms with E-state index in [2.05, 4.69) is 5.32 Å². The van der Waals surface area contributed by atoms with Crippen molar-refractivity contribution >= 4 is 32.4 Å². The quantitative estimate of drug-likeness (QED) is 0.752. The molecule has 0 unspecified atom stereocenters. The third kappa shape index (κ3) is 3.76. The van der Waals surface area contributed by atoms with Gasteiger partial charge in [-0.25, -0.2) is 12.7 Å². The minimum atomic E-state index is -3.47. The first-order valence-electron chi connectivity index (χ1n) is 8.17. The van der Waals surface area contributed by atoms with E-state index in [0.717, 1.165) is 20.6 Å². The maximum atomic E-state index is 12.4. The number of nitrogens with zero attached hydrogens (tertiary/aromatic N) is 1. The lowest BCUT2D eigenvalue weighted by Gasteiger charge is -2.12. The average Bonchev–Trinajstić information content (AvgIpc) is 2.62. The van der Waals surface area contributed by atoms with E-state index in [-0.39, 0.29) is 17.2 Å². The van der Waals surface area contributed by atoms with Crippen molar-refractivity contribution in [2.45, 2.75) is 11.3 Å². The van der Waals surface area contributed by atoms with Crippen LogP contribution in [0.15, 0.2) is 71.6 Å². The lowest BCUT2D eigenvalue weighted by Crippen LogP contribution is -2.22. The molecule has 0 saturated carbocycles. The number of benzene rings is 3. The van der Waals surface area contributed by atoms with E-state index in [0.29, 0.717) is 5.69 Å². The predicted octanol–water partition coefficient (Wildman–Crippen LogP) is 3.27. The largest absolute Gasteiger partial charge is 0.326 e. The minimum absolute atomic E-state index is 0.149. The van der Waals surface area contributed by atoms with Crippen molar-refractivity contribution in [2.75, 3.05) is 19.4 Å². The van der Waals surface area contributed by atoms with Gasteiger partial charge in [-0.05, 0) is 40.6 Å². The number of carbonyl (C=O) groups excluding carboxylic acids is 1. The number of carbonyl (C=O) groups is 1. The Hall–Kier alpha value is -2.70. The maximum Gasteiger partial charge on any atom is 0.242 e. The third-order valence-electron chi connectivity index (χ3n) is 4.15. The summed E-state index contributed by atoms with van der Waals surface area (Å²) in [5.41, 5.74) is 1.51. The summed E-state index contributed by atoms with van der Waals surface area (Å²) in [6.07, 6.45) is 0.249. The Balaban J connectivity index is 1.74. The van der Waals surface area contributed by atoms with Crippen LogP contribution < -0.4 is 5.32 Å². The first-order valence-corrected chi connectivity index (χ1v) is 9.61. The van der Waals surface area contributed by atoms with Gasteiger partial charge < -0.3 is 5.32 Å². The molecule has 0 bridgehead atoms. The highest BCUT2D eigenvalue weighted by molar-refractivity contribution is 7.89. The standard InChI is InChI=1S/C20H20N2O3S/c1-22(2)26(24,25)18-12-10-17(11-13-18)21-20(23)14-16-8-5-7-15-6-3-4-9-19(15)16/h3-13H,14H2,1-2H3,(H,21,23). The van der Waals surface area contributed by atoms with Gasteiger partial charge in [0.05, 0.1) is 11.3 Å². The van der Waals surface area contributed by atoms with Crippen LogP contribution in [-0.4, -0.2) is 32.7 Å². The van der Waals surface area contributed by atoms with E-state index in [1.54, 1.807) is 12.1 Å². The summed E-state index contributed by atoms with van der Waals surface area (Å²) in [4.78, 5) is 12.6. The molecule has 26 heavy (non-hydrogen) atoms. The highest BCUT2D eigenvalue weighted by Gasteiger charge is 2.16. The molecule has 0 aliphatic heterocycles. The van der Waals surface area contributed by atoms with Gasteiger partial charge in [-0.15, -0.1) is 0 Å². The second-order valence-electron chi connectivity index (χ2n) is 6.18. The summed E-state index contributed by atoms with van der Waals surface area (Å²) in [6.45, 7) is 0. The second kappa shape index (κ2) is 7.27. The Morgan fingerprint density at radius 2 is 1.58 bits per heavy atom. The fourth-order valence-corrected chi connectivity index (χ4v) is 3.65. The Labute approximate surface area is 153 Å². The summed E-state index contributed by atoms with van der Waals surface area (Å²) in [5.74, 6) is -0.149. The van der Waals surface area contributed by atoms with Crippen LogP contribution in [0.1, 0.15) is 5.56 Å². The van der Waals surface area contributed by atoms with Crippen LogP contribution in [0.25, 0.3) is 10.8 Å². The molecule has 0 saturated heterocycles. The van der Waals surface area contributed by atoms with Crippen LogP contribution in [0.5, 0.6) is 0 Å². The molecule has 3 rings (SSSR count). The highest BCUT2D eigenvalue weighted by atomic mass is 32.2. The van der Waals surface area contributed by atoms with Crippen molar-refractivity contribution in [2.24, 2.45) is 0 Å². The van der Waals surface area contributed by atoms with Crippen LogP contribution in [0.3, 0.4) is 0 Å². The van der Waals surface area contributed by atoms with Crippen molar-refractivity contribution in [1.82, 2.24) is 4.31 Å². The van der Waals surface area contributed by atoms with E-state index < -0.39 is 10.0 Å². The number of amides is 1. The molecule has 1 amide bonds. The molecule has 0 radical (unpaired) electrons. The molecule has 0 aromatic heterocycles. The Morgan fingerprint density at radius 3 is 2.27 bits per heavy atom. The van der Waals surface area contributed by atoms with Gasteiger partial charge in [0, 0.05) is 19.8 Å². The molecule has 3 aromatic carbocycles. The Bertz CT molecular complexity index is 1040. The number of nitrogens with one attached hydrogen (secondary N) is 1. The van der Waals surface area contributed by atoms with Gasteiger partial charge in [0.25, 0.3) is 0 Å². The van der Waals surface area contributed by atoms with Crippen LogP contribution in [0, 0.1) is 0 Å². The van der Waals surface area contributed by atoms with Crippen molar-refractivity contribution in [3.8, 4) is 0 Å². The zero-order valence-electron chi connectivity index (χ0n) is 14.6. The number of hydrogen-bond acceptors (Lipinski definition) is 3. The molecule has 0 aliphatic rings. The summed E-state index contributed by atoms with van der Waals surface area (Å²) in [5, 5.41) is 4.96. The van der Waals surface area contributed by atoms with Gasteiger partial charge in [-0.3, -0.25) is 4.79 Å². The zero-order chi connectivity index (χ0) is 18.7. The van der Waals surface area contributed by atoms with Crippen LogP contribution in [0.2, 0.25) is 0 Å². The van der Waals surface area contributed by atoms with Crippen LogP contribution >= 0.6 is 0 Å². The van der Waals surface area contributed by atoms with E-state index in [1.807, 2.05) is 42.5 Å². The van der Waals surface area contributed by atoms with Gasteiger partial charge >= 0.3 is 0 Å². The molecule has 134 valence electrons. The summed E-state index contributed by atoms with van der Waals surface area (Å²) >= 11 is 0. The maximum absolute atomic E-state index is 12.4. The lowest BCUT2D eigenvalue weighted by atomic mass is 10.0. The van der Waals surface area contributed by atoms with E-state index in [4.69, 9.17) is 0 Å². The molecule has 1 N–H and O–H groups in total. The second-order valence-corrected chi connectivity index (χ2v) is 8.33. The number of anilines is 1. The first-order chi connectivity index (χ1) is 12.4. The fourth-order valence-electron chi connectivity index (χ4n) is 2.75. The number of sulfonamides is 1. The number of fused-ring (bicyclic) bond motifs is 1.